The summed E-state index contributed by atoms with van der Waals surface area (Å²) in [6.07, 6.45) is 1.87. The van der Waals surface area contributed by atoms with E-state index in [1.54, 1.807) is 0 Å². The first-order chi connectivity index (χ1) is 10.5. The normalized spacial score (nSPS) is 12.6. The molecule has 0 aliphatic rings. The van der Waals surface area contributed by atoms with Crippen molar-refractivity contribution in [1.29, 1.82) is 5.41 Å². The van der Waals surface area contributed by atoms with E-state index in [4.69, 9.17) is 5.41 Å². The molecule has 0 amide bonds. The van der Waals surface area contributed by atoms with E-state index >= 15 is 0 Å². The van der Waals surface area contributed by atoms with Crippen LogP contribution < -0.4 is 0 Å². The number of rotatable bonds is 2. The Labute approximate surface area is 132 Å². The highest BCUT2D eigenvalue weighted by Gasteiger charge is 2.09. The summed E-state index contributed by atoms with van der Waals surface area (Å²) < 4.78 is 0. The molecular formula is C19H21N3. The van der Waals surface area contributed by atoms with Crippen molar-refractivity contribution in [2.24, 2.45) is 15.4 Å². The van der Waals surface area contributed by atoms with Gasteiger partial charge in [0.25, 0.3) is 0 Å². The quantitative estimate of drug-likeness (QED) is 0.622. The molecule has 0 unspecified atom stereocenters. The van der Waals surface area contributed by atoms with Gasteiger partial charge in [0.1, 0.15) is 0 Å². The van der Waals surface area contributed by atoms with Gasteiger partial charge in [0.15, 0.2) is 11.7 Å². The number of aliphatic imine (C=N–C) groups is 2. The maximum absolute atomic E-state index is 8.18. The summed E-state index contributed by atoms with van der Waals surface area (Å²) in [4.78, 5) is 8.94. The van der Waals surface area contributed by atoms with Gasteiger partial charge in [-0.25, -0.2) is 9.98 Å². The Kier molecular flexibility index (Phi) is 4.99. The summed E-state index contributed by atoms with van der Waals surface area (Å²) in [7, 11) is 0. The van der Waals surface area contributed by atoms with Gasteiger partial charge in [0.05, 0.1) is 0 Å². The summed E-state index contributed by atoms with van der Waals surface area (Å²) in [6, 6.07) is 19.2. The third kappa shape index (κ3) is 4.77. The van der Waals surface area contributed by atoms with Crippen LogP contribution in [-0.4, -0.2) is 17.9 Å². The smallest absolute Gasteiger partial charge is 0.161 e. The van der Waals surface area contributed by atoms with Crippen molar-refractivity contribution >= 4 is 17.9 Å². The Morgan fingerprint density at radius 1 is 0.864 bits per heavy atom. The fourth-order valence-electron chi connectivity index (χ4n) is 1.78. The van der Waals surface area contributed by atoms with Crippen LogP contribution in [0.5, 0.6) is 0 Å². The maximum Gasteiger partial charge on any atom is 0.161 e. The topological polar surface area (TPSA) is 48.6 Å². The highest BCUT2D eigenvalue weighted by atomic mass is 14.9. The standard InChI is InChI=1S/C19H21N3/c1-19(2,3)14-21-18(16-12-8-5-9-13-16)22-17(20)15-10-6-4-7-11-15/h4-14,20H,1-3H3. The fraction of sp³-hybridized carbons (Fsp3) is 0.211. The molecule has 0 saturated heterocycles. The molecule has 1 N–H and O–H groups in total. The molecule has 2 aromatic carbocycles. The maximum atomic E-state index is 8.18. The Hall–Kier alpha value is -2.55. The molecule has 22 heavy (non-hydrogen) atoms. The zero-order chi connectivity index (χ0) is 16.0. The Morgan fingerprint density at radius 2 is 1.36 bits per heavy atom. The van der Waals surface area contributed by atoms with E-state index in [0.29, 0.717) is 5.84 Å². The minimum atomic E-state index is -0.0372. The lowest BCUT2D eigenvalue weighted by atomic mass is 9.99. The third-order valence-electron chi connectivity index (χ3n) is 2.87. The first kappa shape index (κ1) is 15.8. The lowest BCUT2D eigenvalue weighted by Crippen LogP contribution is -2.10. The second kappa shape index (κ2) is 6.94. The van der Waals surface area contributed by atoms with Crippen LogP contribution in [0.4, 0.5) is 0 Å². The molecule has 0 saturated carbocycles. The number of nitrogens with one attached hydrogen (secondary N) is 1. The summed E-state index contributed by atoms with van der Waals surface area (Å²) in [5, 5.41) is 8.18. The van der Waals surface area contributed by atoms with Crippen LogP contribution in [0.15, 0.2) is 70.6 Å². The second-order valence-corrected chi connectivity index (χ2v) is 6.14. The molecule has 112 valence electrons. The largest absolute Gasteiger partial charge is 0.282 e. The van der Waals surface area contributed by atoms with Crippen LogP contribution in [-0.2, 0) is 0 Å². The predicted molar refractivity (Wildman–Crippen MR) is 94.2 cm³/mol. The van der Waals surface area contributed by atoms with Gasteiger partial charge < -0.3 is 0 Å². The average molecular weight is 291 g/mol. The van der Waals surface area contributed by atoms with Crippen LogP contribution >= 0.6 is 0 Å². The molecule has 0 aliphatic carbocycles. The zero-order valence-electron chi connectivity index (χ0n) is 13.2. The molecule has 0 fully saturated rings. The predicted octanol–water partition coefficient (Wildman–Crippen LogP) is 4.58. The van der Waals surface area contributed by atoms with Gasteiger partial charge >= 0.3 is 0 Å². The van der Waals surface area contributed by atoms with Crippen LogP contribution in [0.1, 0.15) is 31.9 Å². The molecule has 3 nitrogen and oxygen atoms in total. The first-order valence-corrected chi connectivity index (χ1v) is 7.29. The van der Waals surface area contributed by atoms with Crippen molar-refractivity contribution in [3.05, 3.63) is 71.8 Å². The Bertz CT molecular complexity index is 678. The summed E-state index contributed by atoms with van der Waals surface area (Å²) in [6.45, 7) is 6.25. The number of hydrogen-bond acceptors (Lipinski definition) is 1. The van der Waals surface area contributed by atoms with Gasteiger partial charge in [-0.3, -0.25) is 5.41 Å². The number of hydrogen-bond donors (Lipinski definition) is 1. The minimum absolute atomic E-state index is 0.0372. The van der Waals surface area contributed by atoms with Gasteiger partial charge in [-0.2, -0.15) is 0 Å². The van der Waals surface area contributed by atoms with Crippen molar-refractivity contribution in [2.75, 3.05) is 0 Å². The molecule has 0 radical (unpaired) electrons. The SMILES string of the molecule is CC(C)(C)C=NC(=NC(=N)c1ccccc1)c1ccccc1. The minimum Gasteiger partial charge on any atom is -0.282 e. The van der Waals surface area contributed by atoms with Gasteiger partial charge in [-0.15, -0.1) is 0 Å². The highest BCUT2D eigenvalue weighted by Crippen LogP contribution is 2.11. The second-order valence-electron chi connectivity index (χ2n) is 6.14. The molecule has 2 aromatic rings. The van der Waals surface area contributed by atoms with Crippen LogP contribution in [0.25, 0.3) is 0 Å². The van der Waals surface area contributed by atoms with E-state index in [2.05, 4.69) is 30.8 Å². The van der Waals surface area contributed by atoms with Gasteiger partial charge in [-0.1, -0.05) is 81.4 Å². The third-order valence-corrected chi connectivity index (χ3v) is 2.87. The van der Waals surface area contributed by atoms with Crippen molar-refractivity contribution in [1.82, 2.24) is 0 Å². The number of benzene rings is 2. The van der Waals surface area contributed by atoms with E-state index in [1.807, 2.05) is 66.9 Å². The molecule has 0 atom stereocenters. The van der Waals surface area contributed by atoms with Gasteiger partial charge in [0.2, 0.25) is 0 Å². The zero-order valence-corrected chi connectivity index (χ0v) is 13.2. The molecule has 3 heteroatoms. The lowest BCUT2D eigenvalue weighted by molar-refractivity contribution is 0.607. The molecule has 0 aliphatic heterocycles. The van der Waals surface area contributed by atoms with Gasteiger partial charge in [-0.05, 0) is 5.41 Å². The van der Waals surface area contributed by atoms with E-state index in [1.165, 1.54) is 0 Å². The Balaban J connectivity index is 2.38. The molecule has 0 aromatic heterocycles. The monoisotopic (exact) mass is 291 g/mol. The average Bonchev–Trinajstić information content (AvgIpc) is 2.52. The summed E-state index contributed by atoms with van der Waals surface area (Å²) >= 11 is 0. The highest BCUT2D eigenvalue weighted by molar-refractivity contribution is 6.12. The van der Waals surface area contributed by atoms with E-state index in [9.17, 15) is 0 Å². The molecular weight excluding hydrogens is 270 g/mol. The van der Waals surface area contributed by atoms with Crippen LogP contribution in [0.2, 0.25) is 0 Å². The van der Waals surface area contributed by atoms with Crippen LogP contribution in [0.3, 0.4) is 0 Å². The van der Waals surface area contributed by atoms with E-state index in [0.717, 1.165) is 11.1 Å². The first-order valence-electron chi connectivity index (χ1n) is 7.29. The summed E-state index contributed by atoms with van der Waals surface area (Å²) in [5.41, 5.74) is 1.65. The lowest BCUT2D eigenvalue weighted by Gasteiger charge is -2.11. The number of nitrogens with zero attached hydrogens (tertiary/aromatic N) is 2. The summed E-state index contributed by atoms with van der Waals surface area (Å²) in [5.74, 6) is 0.773. The van der Waals surface area contributed by atoms with Crippen molar-refractivity contribution in [3.63, 3.8) is 0 Å². The van der Waals surface area contributed by atoms with Crippen LogP contribution in [0, 0.1) is 10.8 Å². The number of amidine groups is 2. The van der Waals surface area contributed by atoms with Crippen molar-refractivity contribution in [3.8, 4) is 0 Å². The molecule has 0 heterocycles. The molecule has 0 bridgehead atoms. The van der Waals surface area contributed by atoms with Crippen molar-refractivity contribution < 1.29 is 0 Å². The van der Waals surface area contributed by atoms with Gasteiger partial charge in [0, 0.05) is 17.3 Å². The Morgan fingerprint density at radius 3 is 1.86 bits per heavy atom. The molecule has 2 rings (SSSR count). The van der Waals surface area contributed by atoms with Crippen molar-refractivity contribution in [2.45, 2.75) is 20.8 Å². The van der Waals surface area contributed by atoms with E-state index < -0.39 is 0 Å². The molecule has 0 spiro atoms. The van der Waals surface area contributed by atoms with E-state index in [-0.39, 0.29) is 11.3 Å². The fourth-order valence-corrected chi connectivity index (χ4v) is 1.78.